The van der Waals surface area contributed by atoms with Crippen LogP contribution in [0.4, 0.5) is 5.69 Å². The maximum atomic E-state index is 11.6. The quantitative estimate of drug-likeness (QED) is 0.642. The van der Waals surface area contributed by atoms with Crippen molar-refractivity contribution in [2.75, 3.05) is 12.8 Å². The summed E-state index contributed by atoms with van der Waals surface area (Å²) in [6, 6.07) is 1.61. The third kappa shape index (κ3) is 1.55. The summed E-state index contributed by atoms with van der Waals surface area (Å²) in [7, 11) is 1.29. The summed E-state index contributed by atoms with van der Waals surface area (Å²) >= 11 is 3.31. The van der Waals surface area contributed by atoms with E-state index in [2.05, 4.69) is 25.7 Å². The zero-order chi connectivity index (χ0) is 11.9. The van der Waals surface area contributed by atoms with Gasteiger partial charge < -0.3 is 14.9 Å². The first kappa shape index (κ1) is 10.9. The van der Waals surface area contributed by atoms with E-state index in [1.807, 2.05) is 0 Å². The molecule has 6 heteroatoms. The van der Waals surface area contributed by atoms with E-state index in [9.17, 15) is 4.79 Å². The molecule has 2 aromatic rings. The van der Waals surface area contributed by atoms with E-state index in [1.165, 1.54) is 7.11 Å². The second-order valence-corrected chi connectivity index (χ2v) is 4.08. The molecule has 1 aromatic carbocycles. The molecule has 0 unspecified atom stereocenters. The molecule has 0 spiro atoms. The number of carbonyl (C=O) groups is 1. The fraction of sp³-hybridized carbons (Fsp3) is 0.200. The van der Waals surface area contributed by atoms with Crippen LogP contribution in [0.15, 0.2) is 15.0 Å². The Balaban J connectivity index is 2.86. The second-order valence-electron chi connectivity index (χ2n) is 3.22. The van der Waals surface area contributed by atoms with Crippen LogP contribution in [0.2, 0.25) is 0 Å². The van der Waals surface area contributed by atoms with Crippen molar-refractivity contribution in [2.45, 2.75) is 6.92 Å². The molecule has 5 nitrogen and oxygen atoms in total. The molecule has 0 amide bonds. The molecule has 0 aliphatic rings. The number of nitrogens with zero attached hydrogens (tertiary/aromatic N) is 1. The number of aryl methyl sites for hydroxylation is 1. The van der Waals surface area contributed by atoms with Gasteiger partial charge in [0.1, 0.15) is 11.1 Å². The topological polar surface area (TPSA) is 78.4 Å². The maximum Gasteiger partial charge on any atom is 0.343 e. The number of carbonyl (C=O) groups excluding carboxylic acids is 1. The first-order valence-corrected chi connectivity index (χ1v) is 5.27. The average molecular weight is 285 g/mol. The number of rotatable bonds is 1. The zero-order valence-electron chi connectivity index (χ0n) is 8.70. The lowest BCUT2D eigenvalue weighted by molar-refractivity contribution is 0.0603. The summed E-state index contributed by atoms with van der Waals surface area (Å²) < 4.78 is 10.7. The summed E-state index contributed by atoms with van der Waals surface area (Å²) in [6.45, 7) is 1.70. The van der Waals surface area contributed by atoms with Crippen LogP contribution in [0, 0.1) is 6.92 Å². The molecule has 84 valence electrons. The fourth-order valence-electron chi connectivity index (χ4n) is 1.48. The number of fused-ring (bicyclic) bond motifs is 1. The Kier molecular flexibility index (Phi) is 2.59. The van der Waals surface area contributed by atoms with E-state index in [1.54, 1.807) is 13.0 Å². The predicted octanol–water partition coefficient (Wildman–Crippen LogP) is 2.27. The Labute approximate surface area is 99.7 Å². The number of aromatic nitrogens is 1. The van der Waals surface area contributed by atoms with Gasteiger partial charge in [0.25, 0.3) is 0 Å². The summed E-state index contributed by atoms with van der Waals surface area (Å²) in [5, 5.41) is 0. The molecule has 0 saturated carbocycles. The number of esters is 1. The Morgan fingerprint density at radius 1 is 1.62 bits per heavy atom. The first-order chi connectivity index (χ1) is 7.54. The van der Waals surface area contributed by atoms with Gasteiger partial charge >= 0.3 is 5.97 Å². The summed E-state index contributed by atoms with van der Waals surface area (Å²) in [4.78, 5) is 15.7. The molecule has 0 saturated heterocycles. The zero-order valence-corrected chi connectivity index (χ0v) is 10.3. The molecule has 1 aromatic heterocycles. The molecule has 2 rings (SSSR count). The largest absolute Gasteiger partial charge is 0.465 e. The molecule has 0 aliphatic carbocycles. The van der Waals surface area contributed by atoms with Crippen molar-refractivity contribution in [1.82, 2.24) is 4.98 Å². The van der Waals surface area contributed by atoms with E-state index in [4.69, 9.17) is 10.2 Å². The van der Waals surface area contributed by atoms with Crippen LogP contribution in [0.1, 0.15) is 16.2 Å². The summed E-state index contributed by atoms with van der Waals surface area (Å²) in [5.41, 5.74) is 7.16. The van der Waals surface area contributed by atoms with Crippen LogP contribution in [-0.2, 0) is 4.74 Å². The van der Waals surface area contributed by atoms with E-state index in [0.29, 0.717) is 27.2 Å². The number of hydrogen-bond donors (Lipinski definition) is 1. The van der Waals surface area contributed by atoms with Gasteiger partial charge in [-0.25, -0.2) is 9.78 Å². The van der Waals surface area contributed by atoms with Gasteiger partial charge in [0.2, 0.25) is 0 Å². The van der Waals surface area contributed by atoms with E-state index in [-0.39, 0.29) is 5.56 Å². The molecule has 16 heavy (non-hydrogen) atoms. The number of nitrogen functional groups attached to an aromatic ring is 1. The van der Waals surface area contributed by atoms with Crippen LogP contribution in [0.25, 0.3) is 11.1 Å². The Hall–Kier alpha value is -1.56. The number of methoxy groups -OCH3 is 1. The van der Waals surface area contributed by atoms with Crippen molar-refractivity contribution in [1.29, 1.82) is 0 Å². The van der Waals surface area contributed by atoms with Crippen molar-refractivity contribution < 1.29 is 13.9 Å². The minimum atomic E-state index is -0.536. The molecular weight excluding hydrogens is 276 g/mol. The van der Waals surface area contributed by atoms with Crippen LogP contribution in [0.3, 0.4) is 0 Å². The van der Waals surface area contributed by atoms with Crippen molar-refractivity contribution in [3.63, 3.8) is 0 Å². The van der Waals surface area contributed by atoms with Gasteiger partial charge in [0.05, 0.1) is 12.8 Å². The van der Waals surface area contributed by atoms with E-state index < -0.39 is 5.97 Å². The van der Waals surface area contributed by atoms with Gasteiger partial charge in [0.15, 0.2) is 11.5 Å². The number of nitrogens with two attached hydrogens (primary N) is 1. The normalized spacial score (nSPS) is 10.7. The highest BCUT2D eigenvalue weighted by Gasteiger charge is 2.21. The third-order valence-corrected chi connectivity index (χ3v) is 2.75. The highest BCUT2D eigenvalue weighted by molar-refractivity contribution is 9.10. The molecule has 0 aliphatic heterocycles. The lowest BCUT2D eigenvalue weighted by Crippen LogP contribution is -2.06. The van der Waals surface area contributed by atoms with Crippen LogP contribution >= 0.6 is 15.9 Å². The lowest BCUT2D eigenvalue weighted by atomic mass is 10.1. The van der Waals surface area contributed by atoms with Crippen molar-refractivity contribution >= 4 is 38.7 Å². The molecular formula is C10H9BrN2O3. The number of oxazole rings is 1. The van der Waals surface area contributed by atoms with Gasteiger partial charge in [-0.15, -0.1) is 0 Å². The smallest absolute Gasteiger partial charge is 0.343 e. The van der Waals surface area contributed by atoms with Gasteiger partial charge in [0, 0.05) is 11.4 Å². The lowest BCUT2D eigenvalue weighted by Gasteiger charge is -2.04. The molecule has 0 bridgehead atoms. The average Bonchev–Trinajstić information content (AvgIpc) is 2.59. The standard InChI is InChI=1S/C10H9BrN2O3/c1-4-13-8-5(11)3-6(12)7(9(8)16-4)10(14)15-2/h3H,12H2,1-2H3. The van der Waals surface area contributed by atoms with Crippen LogP contribution in [-0.4, -0.2) is 18.1 Å². The fourth-order valence-corrected chi connectivity index (χ4v) is 1.99. The predicted molar refractivity (Wildman–Crippen MR) is 62.2 cm³/mol. The number of halogens is 1. The molecule has 0 atom stereocenters. The first-order valence-electron chi connectivity index (χ1n) is 4.48. The number of anilines is 1. The van der Waals surface area contributed by atoms with Crippen molar-refractivity contribution in [3.8, 4) is 0 Å². The van der Waals surface area contributed by atoms with E-state index in [0.717, 1.165) is 0 Å². The Bertz CT molecular complexity index is 577. The molecule has 0 radical (unpaired) electrons. The van der Waals surface area contributed by atoms with Crippen LogP contribution in [0.5, 0.6) is 0 Å². The Morgan fingerprint density at radius 3 is 2.94 bits per heavy atom. The van der Waals surface area contributed by atoms with Crippen molar-refractivity contribution in [2.24, 2.45) is 0 Å². The SMILES string of the molecule is COC(=O)c1c(N)cc(Br)c2nc(C)oc12. The number of ether oxygens (including phenoxy) is 1. The van der Waals surface area contributed by atoms with Gasteiger partial charge in [-0.1, -0.05) is 0 Å². The number of hydrogen-bond acceptors (Lipinski definition) is 5. The van der Waals surface area contributed by atoms with Gasteiger partial charge in [-0.3, -0.25) is 0 Å². The Morgan fingerprint density at radius 2 is 2.31 bits per heavy atom. The number of benzene rings is 1. The minimum absolute atomic E-state index is 0.210. The molecule has 1 heterocycles. The van der Waals surface area contributed by atoms with Gasteiger partial charge in [-0.2, -0.15) is 0 Å². The summed E-state index contributed by atoms with van der Waals surface area (Å²) in [6.07, 6.45) is 0. The highest BCUT2D eigenvalue weighted by atomic mass is 79.9. The minimum Gasteiger partial charge on any atom is -0.465 e. The maximum absolute atomic E-state index is 11.6. The van der Waals surface area contributed by atoms with Crippen LogP contribution < -0.4 is 5.73 Å². The monoisotopic (exact) mass is 284 g/mol. The van der Waals surface area contributed by atoms with Gasteiger partial charge in [-0.05, 0) is 22.0 Å². The highest BCUT2D eigenvalue weighted by Crippen LogP contribution is 2.32. The van der Waals surface area contributed by atoms with E-state index >= 15 is 0 Å². The second kappa shape index (κ2) is 3.79. The van der Waals surface area contributed by atoms with Crippen molar-refractivity contribution in [3.05, 3.63) is 22.0 Å². The summed E-state index contributed by atoms with van der Waals surface area (Å²) in [5.74, 6) is -0.0717. The third-order valence-electron chi connectivity index (χ3n) is 2.15. The molecule has 0 fully saturated rings. The molecule has 2 N–H and O–H groups in total.